The summed E-state index contributed by atoms with van der Waals surface area (Å²) in [6, 6.07) is 0. The molecule has 0 atom stereocenters. The number of nitrogens with two attached hydrogens (primary N) is 1. The van der Waals surface area contributed by atoms with E-state index in [9.17, 15) is 0 Å². The fraction of sp³-hybridized carbons (Fsp3) is 0.750. The van der Waals surface area contributed by atoms with Crippen LogP contribution in [0.15, 0.2) is 5.38 Å². The molecule has 0 radical (unpaired) electrons. The van der Waals surface area contributed by atoms with Crippen molar-refractivity contribution in [3.05, 3.63) is 16.1 Å². The molecule has 2 aliphatic carbocycles. The van der Waals surface area contributed by atoms with Crippen molar-refractivity contribution in [2.24, 2.45) is 5.73 Å². The van der Waals surface area contributed by atoms with Crippen LogP contribution in [0.2, 0.25) is 0 Å². The van der Waals surface area contributed by atoms with E-state index in [1.165, 1.54) is 42.8 Å². The van der Waals surface area contributed by atoms with Crippen LogP contribution >= 0.6 is 11.3 Å². The summed E-state index contributed by atoms with van der Waals surface area (Å²) in [5, 5.41) is 3.60. The maximum atomic E-state index is 5.90. The molecule has 3 heteroatoms. The Balaban J connectivity index is 1.89. The summed E-state index contributed by atoms with van der Waals surface area (Å²) >= 11 is 1.84. The van der Waals surface area contributed by atoms with Gasteiger partial charge in [0.1, 0.15) is 0 Å². The average Bonchev–Trinajstić information content (AvgIpc) is 2.74. The molecule has 1 aromatic rings. The van der Waals surface area contributed by atoms with E-state index in [0.717, 1.165) is 6.54 Å². The predicted molar refractivity (Wildman–Crippen MR) is 63.3 cm³/mol. The van der Waals surface area contributed by atoms with E-state index >= 15 is 0 Å². The molecule has 15 heavy (non-hydrogen) atoms. The lowest BCUT2D eigenvalue weighted by atomic mass is 9.67. The van der Waals surface area contributed by atoms with E-state index in [-0.39, 0.29) is 5.41 Å². The van der Waals surface area contributed by atoms with Crippen LogP contribution in [0, 0.1) is 0 Å². The van der Waals surface area contributed by atoms with Gasteiger partial charge < -0.3 is 5.73 Å². The SMILES string of the molecule is CC1(c2nc(C3(CN)CCC3)cs2)CC1. The molecule has 0 spiro atoms. The third-order valence-electron chi connectivity index (χ3n) is 4.27. The Morgan fingerprint density at radius 1 is 1.40 bits per heavy atom. The van der Waals surface area contributed by atoms with Gasteiger partial charge in [-0.3, -0.25) is 0 Å². The second-order valence-corrected chi connectivity index (χ2v) is 6.29. The molecular formula is C12H18N2S. The van der Waals surface area contributed by atoms with Gasteiger partial charge in [0.2, 0.25) is 0 Å². The number of rotatable bonds is 3. The predicted octanol–water partition coefficient (Wildman–Crippen LogP) is 2.58. The van der Waals surface area contributed by atoms with Crippen molar-refractivity contribution in [1.29, 1.82) is 0 Å². The summed E-state index contributed by atoms with van der Waals surface area (Å²) in [5.41, 5.74) is 7.85. The summed E-state index contributed by atoms with van der Waals surface area (Å²) in [4.78, 5) is 4.85. The Morgan fingerprint density at radius 2 is 2.13 bits per heavy atom. The molecule has 2 N–H and O–H groups in total. The van der Waals surface area contributed by atoms with E-state index in [4.69, 9.17) is 10.7 Å². The number of hydrogen-bond donors (Lipinski definition) is 1. The zero-order chi connectivity index (χ0) is 10.5. The monoisotopic (exact) mass is 222 g/mol. The molecular weight excluding hydrogens is 204 g/mol. The van der Waals surface area contributed by atoms with Crippen molar-refractivity contribution < 1.29 is 0 Å². The standard InChI is InChI=1S/C12H18N2S/c1-11(5-6-11)10-14-9(7-15-10)12(8-13)3-2-4-12/h7H,2-6,8,13H2,1H3. The molecule has 1 heterocycles. The highest BCUT2D eigenvalue weighted by Gasteiger charge is 2.44. The van der Waals surface area contributed by atoms with Crippen LogP contribution in [-0.4, -0.2) is 11.5 Å². The summed E-state index contributed by atoms with van der Waals surface area (Å²) in [5.74, 6) is 0. The van der Waals surface area contributed by atoms with Gasteiger partial charge in [0.25, 0.3) is 0 Å². The zero-order valence-electron chi connectivity index (χ0n) is 9.25. The summed E-state index contributed by atoms with van der Waals surface area (Å²) in [7, 11) is 0. The minimum atomic E-state index is 0.250. The Kier molecular flexibility index (Phi) is 1.99. The second-order valence-electron chi connectivity index (χ2n) is 5.44. The number of hydrogen-bond acceptors (Lipinski definition) is 3. The molecule has 2 saturated carbocycles. The highest BCUT2D eigenvalue weighted by molar-refractivity contribution is 7.09. The molecule has 0 aromatic carbocycles. The van der Waals surface area contributed by atoms with E-state index in [0.29, 0.717) is 5.41 Å². The number of aromatic nitrogens is 1. The van der Waals surface area contributed by atoms with Gasteiger partial charge >= 0.3 is 0 Å². The first kappa shape index (κ1) is 9.79. The molecule has 0 saturated heterocycles. The Labute approximate surface area is 94.9 Å². The summed E-state index contributed by atoms with van der Waals surface area (Å²) in [6.07, 6.45) is 6.43. The minimum Gasteiger partial charge on any atom is -0.330 e. The van der Waals surface area contributed by atoms with Crippen LogP contribution < -0.4 is 5.73 Å². The van der Waals surface area contributed by atoms with Crippen LogP contribution in [0.5, 0.6) is 0 Å². The number of thiazole rings is 1. The fourth-order valence-corrected chi connectivity index (χ4v) is 3.53. The van der Waals surface area contributed by atoms with Crippen molar-refractivity contribution >= 4 is 11.3 Å². The van der Waals surface area contributed by atoms with E-state index in [1.54, 1.807) is 0 Å². The van der Waals surface area contributed by atoms with Gasteiger partial charge in [-0.15, -0.1) is 11.3 Å². The Hall–Kier alpha value is -0.410. The topological polar surface area (TPSA) is 38.9 Å². The quantitative estimate of drug-likeness (QED) is 0.853. The van der Waals surface area contributed by atoms with Gasteiger partial charge in [-0.2, -0.15) is 0 Å². The van der Waals surface area contributed by atoms with Gasteiger partial charge in [0.15, 0.2) is 0 Å². The van der Waals surface area contributed by atoms with Gasteiger partial charge in [-0.05, 0) is 25.7 Å². The van der Waals surface area contributed by atoms with E-state index in [1.807, 2.05) is 11.3 Å². The molecule has 2 nitrogen and oxygen atoms in total. The van der Waals surface area contributed by atoms with Crippen molar-refractivity contribution in [2.45, 2.75) is 49.9 Å². The Bertz CT molecular complexity index is 369. The highest BCUT2D eigenvalue weighted by atomic mass is 32.1. The summed E-state index contributed by atoms with van der Waals surface area (Å²) in [6.45, 7) is 3.10. The molecule has 0 unspecified atom stereocenters. The average molecular weight is 222 g/mol. The zero-order valence-corrected chi connectivity index (χ0v) is 10.1. The number of nitrogens with zero attached hydrogens (tertiary/aromatic N) is 1. The second kappa shape index (κ2) is 3.05. The molecule has 3 rings (SSSR count). The lowest BCUT2D eigenvalue weighted by Crippen LogP contribution is -2.41. The van der Waals surface area contributed by atoms with Gasteiger partial charge in [-0.1, -0.05) is 13.3 Å². The van der Waals surface area contributed by atoms with E-state index in [2.05, 4.69) is 12.3 Å². The molecule has 0 amide bonds. The van der Waals surface area contributed by atoms with Crippen LogP contribution in [0.4, 0.5) is 0 Å². The van der Waals surface area contributed by atoms with Crippen LogP contribution in [-0.2, 0) is 10.8 Å². The minimum absolute atomic E-state index is 0.250. The first-order chi connectivity index (χ1) is 7.19. The molecule has 82 valence electrons. The Morgan fingerprint density at radius 3 is 2.60 bits per heavy atom. The third kappa shape index (κ3) is 1.36. The molecule has 2 fully saturated rings. The van der Waals surface area contributed by atoms with Crippen molar-refractivity contribution in [3.63, 3.8) is 0 Å². The van der Waals surface area contributed by atoms with Gasteiger partial charge in [0.05, 0.1) is 10.7 Å². The molecule has 0 aliphatic heterocycles. The fourth-order valence-electron chi connectivity index (χ4n) is 2.36. The van der Waals surface area contributed by atoms with Gasteiger partial charge in [0, 0.05) is 22.8 Å². The first-order valence-corrected chi connectivity index (χ1v) is 6.73. The maximum absolute atomic E-state index is 5.90. The molecule has 0 bridgehead atoms. The lowest BCUT2D eigenvalue weighted by Gasteiger charge is -2.39. The summed E-state index contributed by atoms with van der Waals surface area (Å²) < 4.78 is 0. The molecule has 1 aromatic heterocycles. The van der Waals surface area contributed by atoms with Crippen LogP contribution in [0.3, 0.4) is 0 Å². The third-order valence-corrected chi connectivity index (χ3v) is 5.41. The van der Waals surface area contributed by atoms with Crippen molar-refractivity contribution in [1.82, 2.24) is 4.98 Å². The normalized spacial score (nSPS) is 26.0. The van der Waals surface area contributed by atoms with Crippen LogP contribution in [0.1, 0.15) is 49.7 Å². The van der Waals surface area contributed by atoms with Crippen molar-refractivity contribution in [2.75, 3.05) is 6.54 Å². The largest absolute Gasteiger partial charge is 0.330 e. The van der Waals surface area contributed by atoms with Crippen LogP contribution in [0.25, 0.3) is 0 Å². The maximum Gasteiger partial charge on any atom is 0.0987 e. The highest BCUT2D eigenvalue weighted by Crippen LogP contribution is 2.50. The lowest BCUT2D eigenvalue weighted by molar-refractivity contribution is 0.246. The van der Waals surface area contributed by atoms with Crippen molar-refractivity contribution in [3.8, 4) is 0 Å². The molecule has 2 aliphatic rings. The van der Waals surface area contributed by atoms with Gasteiger partial charge in [-0.25, -0.2) is 4.98 Å². The first-order valence-electron chi connectivity index (χ1n) is 5.85. The van der Waals surface area contributed by atoms with E-state index < -0.39 is 0 Å². The smallest absolute Gasteiger partial charge is 0.0987 e.